The summed E-state index contributed by atoms with van der Waals surface area (Å²) < 4.78 is 7.52. The normalized spacial score (nSPS) is 14.7. The predicted molar refractivity (Wildman–Crippen MR) is 124 cm³/mol. The zero-order valence-corrected chi connectivity index (χ0v) is 19.1. The number of aryl methyl sites for hydroxylation is 2. The topological polar surface area (TPSA) is 54.8 Å². The van der Waals surface area contributed by atoms with Gasteiger partial charge >= 0.3 is 0 Å². The molecule has 0 atom stereocenters. The zero-order valence-electron chi connectivity index (χ0n) is 19.1. The van der Waals surface area contributed by atoms with Crippen LogP contribution in [-0.4, -0.2) is 60.1 Å². The smallest absolute Gasteiger partial charge is 0.259 e. The van der Waals surface area contributed by atoms with Crippen molar-refractivity contribution in [2.75, 3.05) is 39.8 Å². The number of nitrogens with zero attached hydrogens (tertiary/aromatic N) is 3. The fourth-order valence-electron chi connectivity index (χ4n) is 4.39. The number of carbonyl (C=O) groups excluding carboxylic acids is 1. The molecular formula is C25H35N3O3. The molecule has 0 N–H and O–H groups in total. The Kier molecular flexibility index (Phi) is 8.43. The largest absolute Gasteiger partial charge is 0.378 e. The van der Waals surface area contributed by atoms with Gasteiger partial charge in [-0.05, 0) is 38.3 Å². The van der Waals surface area contributed by atoms with Crippen molar-refractivity contribution in [3.05, 3.63) is 69.1 Å². The Labute approximate surface area is 185 Å². The van der Waals surface area contributed by atoms with Gasteiger partial charge in [0.15, 0.2) is 5.43 Å². The molecule has 0 saturated carbocycles. The number of hydrogen-bond acceptors (Lipinski definition) is 4. The van der Waals surface area contributed by atoms with Gasteiger partial charge in [-0.15, -0.1) is 0 Å². The molecule has 0 radical (unpaired) electrons. The highest BCUT2D eigenvalue weighted by atomic mass is 16.5. The number of piperazine rings is 1. The van der Waals surface area contributed by atoms with Crippen LogP contribution in [0.15, 0.2) is 41.2 Å². The van der Waals surface area contributed by atoms with Crippen LogP contribution in [0.25, 0.3) is 0 Å². The Morgan fingerprint density at radius 1 is 1.06 bits per heavy atom. The minimum Gasteiger partial charge on any atom is -0.378 e. The van der Waals surface area contributed by atoms with E-state index in [2.05, 4.69) is 28.5 Å². The molecule has 0 spiro atoms. The Balaban J connectivity index is 1.81. The van der Waals surface area contributed by atoms with Crippen LogP contribution >= 0.6 is 0 Å². The molecule has 2 aromatic rings. The second kappa shape index (κ2) is 11.3. The first-order valence-corrected chi connectivity index (χ1v) is 11.3. The number of aromatic nitrogens is 1. The van der Waals surface area contributed by atoms with Crippen LogP contribution in [-0.2, 0) is 24.3 Å². The van der Waals surface area contributed by atoms with E-state index >= 15 is 0 Å². The van der Waals surface area contributed by atoms with E-state index in [0.29, 0.717) is 18.8 Å². The molecule has 3 rings (SSSR count). The SMILES string of the molecule is CCCN1CCN(C(=O)c2c(COC)n(CCCc3ccccc3)c(C)cc2=O)CC1. The third kappa shape index (κ3) is 5.83. The fraction of sp³-hybridized carbons (Fsp3) is 0.520. The van der Waals surface area contributed by atoms with E-state index in [0.717, 1.165) is 51.1 Å². The molecule has 1 aliphatic heterocycles. The van der Waals surface area contributed by atoms with Crippen molar-refractivity contribution < 1.29 is 9.53 Å². The summed E-state index contributed by atoms with van der Waals surface area (Å²) in [4.78, 5) is 30.5. The third-order valence-corrected chi connectivity index (χ3v) is 6.01. The molecular weight excluding hydrogens is 390 g/mol. The Bertz CT molecular complexity index is 916. The average Bonchev–Trinajstić information content (AvgIpc) is 2.77. The molecule has 1 saturated heterocycles. The van der Waals surface area contributed by atoms with Crippen LogP contribution in [0.4, 0.5) is 0 Å². The third-order valence-electron chi connectivity index (χ3n) is 6.01. The minimum absolute atomic E-state index is 0.162. The number of hydrogen-bond donors (Lipinski definition) is 0. The number of amides is 1. The van der Waals surface area contributed by atoms with Gasteiger partial charge in [0.05, 0.1) is 12.3 Å². The molecule has 1 aromatic heterocycles. The molecule has 31 heavy (non-hydrogen) atoms. The van der Waals surface area contributed by atoms with Crippen molar-refractivity contribution in [2.45, 2.75) is 46.3 Å². The van der Waals surface area contributed by atoms with Crippen LogP contribution in [0.3, 0.4) is 0 Å². The highest BCUT2D eigenvalue weighted by Crippen LogP contribution is 2.16. The zero-order chi connectivity index (χ0) is 22.2. The molecule has 1 aliphatic rings. The number of methoxy groups -OCH3 is 1. The van der Waals surface area contributed by atoms with Gasteiger partial charge in [0.1, 0.15) is 5.56 Å². The maximum absolute atomic E-state index is 13.4. The van der Waals surface area contributed by atoms with Gasteiger partial charge in [0.25, 0.3) is 5.91 Å². The van der Waals surface area contributed by atoms with Crippen LogP contribution in [0.1, 0.15) is 47.1 Å². The molecule has 1 aromatic carbocycles. The second-order valence-electron chi connectivity index (χ2n) is 8.28. The summed E-state index contributed by atoms with van der Waals surface area (Å²) in [5.41, 5.74) is 2.92. The maximum atomic E-state index is 13.4. The fourth-order valence-corrected chi connectivity index (χ4v) is 4.39. The quantitative estimate of drug-likeness (QED) is 0.620. The molecule has 168 valence electrons. The lowest BCUT2D eigenvalue weighted by atomic mass is 10.1. The van der Waals surface area contributed by atoms with Crippen molar-refractivity contribution >= 4 is 5.91 Å². The number of carbonyl (C=O) groups is 1. The van der Waals surface area contributed by atoms with E-state index < -0.39 is 0 Å². The number of ether oxygens (including phenoxy) is 1. The number of pyridine rings is 1. The van der Waals surface area contributed by atoms with Gasteiger partial charge in [-0.2, -0.15) is 0 Å². The second-order valence-corrected chi connectivity index (χ2v) is 8.28. The Morgan fingerprint density at radius 2 is 1.77 bits per heavy atom. The van der Waals surface area contributed by atoms with Crippen LogP contribution in [0, 0.1) is 6.92 Å². The lowest BCUT2D eigenvalue weighted by molar-refractivity contribution is 0.0629. The molecule has 0 unspecified atom stereocenters. The van der Waals surface area contributed by atoms with E-state index in [-0.39, 0.29) is 23.5 Å². The Hall–Kier alpha value is -2.44. The van der Waals surface area contributed by atoms with Gasteiger partial charge in [-0.3, -0.25) is 14.5 Å². The summed E-state index contributed by atoms with van der Waals surface area (Å²) in [6.07, 6.45) is 2.98. The molecule has 1 fully saturated rings. The van der Waals surface area contributed by atoms with Crippen molar-refractivity contribution in [1.29, 1.82) is 0 Å². The molecule has 6 nitrogen and oxygen atoms in total. The van der Waals surface area contributed by atoms with E-state index in [9.17, 15) is 9.59 Å². The number of benzene rings is 1. The van der Waals surface area contributed by atoms with E-state index in [1.54, 1.807) is 13.2 Å². The summed E-state index contributed by atoms with van der Waals surface area (Å²) in [5, 5.41) is 0. The molecule has 1 amide bonds. The van der Waals surface area contributed by atoms with Crippen LogP contribution in [0.2, 0.25) is 0 Å². The number of rotatable bonds is 9. The van der Waals surface area contributed by atoms with Crippen LogP contribution in [0.5, 0.6) is 0 Å². The lowest BCUT2D eigenvalue weighted by Crippen LogP contribution is -2.50. The minimum atomic E-state index is -0.204. The average molecular weight is 426 g/mol. The summed E-state index contributed by atoms with van der Waals surface area (Å²) in [7, 11) is 1.61. The monoisotopic (exact) mass is 425 g/mol. The lowest BCUT2D eigenvalue weighted by Gasteiger charge is -2.35. The van der Waals surface area contributed by atoms with Gasteiger partial charge in [-0.25, -0.2) is 0 Å². The summed E-state index contributed by atoms with van der Waals surface area (Å²) in [5.74, 6) is -0.162. The highest BCUT2D eigenvalue weighted by Gasteiger charge is 2.27. The first kappa shape index (κ1) is 23.2. The summed E-state index contributed by atoms with van der Waals surface area (Å²) in [6, 6.07) is 12.0. The van der Waals surface area contributed by atoms with E-state index in [4.69, 9.17) is 4.74 Å². The summed E-state index contributed by atoms with van der Waals surface area (Å²) >= 11 is 0. The summed E-state index contributed by atoms with van der Waals surface area (Å²) in [6.45, 7) is 9.17. The van der Waals surface area contributed by atoms with Crippen molar-refractivity contribution in [3.8, 4) is 0 Å². The van der Waals surface area contributed by atoms with Crippen molar-refractivity contribution in [1.82, 2.24) is 14.4 Å². The van der Waals surface area contributed by atoms with Gasteiger partial charge in [0, 0.05) is 51.6 Å². The van der Waals surface area contributed by atoms with Crippen molar-refractivity contribution in [3.63, 3.8) is 0 Å². The Morgan fingerprint density at radius 3 is 2.42 bits per heavy atom. The molecule has 2 heterocycles. The van der Waals surface area contributed by atoms with E-state index in [1.807, 2.05) is 30.0 Å². The first-order valence-electron chi connectivity index (χ1n) is 11.3. The van der Waals surface area contributed by atoms with E-state index in [1.165, 1.54) is 5.56 Å². The predicted octanol–water partition coefficient (Wildman–Crippen LogP) is 3.10. The molecule has 0 aliphatic carbocycles. The molecule has 6 heteroatoms. The van der Waals surface area contributed by atoms with Crippen molar-refractivity contribution in [2.24, 2.45) is 0 Å². The molecule has 0 bridgehead atoms. The first-order chi connectivity index (χ1) is 15.0. The van der Waals surface area contributed by atoms with Gasteiger partial charge in [-0.1, -0.05) is 37.3 Å². The highest BCUT2D eigenvalue weighted by molar-refractivity contribution is 5.95. The maximum Gasteiger partial charge on any atom is 0.259 e. The standard InChI is InChI=1S/C25H35N3O3/c1-4-12-26-14-16-27(17-15-26)25(30)24-22(19-31-3)28(20(2)18-23(24)29)13-8-11-21-9-6-5-7-10-21/h5-7,9-10,18H,4,8,11-17,19H2,1-3H3. The van der Waals surface area contributed by atoms with Gasteiger partial charge in [0.2, 0.25) is 0 Å². The van der Waals surface area contributed by atoms with Crippen LogP contribution < -0.4 is 5.43 Å². The van der Waals surface area contributed by atoms with Gasteiger partial charge < -0.3 is 14.2 Å².